The molecule has 0 fully saturated rings. The first-order valence-electron chi connectivity index (χ1n) is 6.88. The van der Waals surface area contributed by atoms with Gasteiger partial charge in [-0.25, -0.2) is 8.78 Å². The van der Waals surface area contributed by atoms with Crippen molar-refractivity contribution in [1.82, 2.24) is 10.3 Å². The Hall–Kier alpha value is -1.52. The van der Waals surface area contributed by atoms with Crippen LogP contribution in [0.1, 0.15) is 30.5 Å². The van der Waals surface area contributed by atoms with Gasteiger partial charge >= 0.3 is 0 Å². The molecule has 0 spiro atoms. The summed E-state index contributed by atoms with van der Waals surface area (Å²) in [6.45, 7) is 2.79. The number of pyridine rings is 1. The predicted molar refractivity (Wildman–Crippen MR) is 80.3 cm³/mol. The van der Waals surface area contributed by atoms with Crippen LogP contribution in [0.3, 0.4) is 0 Å². The largest absolute Gasteiger partial charge is 0.310 e. The first-order chi connectivity index (χ1) is 10.1. The molecule has 1 atom stereocenters. The number of hydrogen-bond donors (Lipinski definition) is 1. The number of hydrogen-bond acceptors (Lipinski definition) is 2. The molecule has 0 aliphatic heterocycles. The molecule has 112 valence electrons. The lowest BCUT2D eigenvalue weighted by atomic mass is 9.99. The van der Waals surface area contributed by atoms with Crippen LogP contribution in [-0.2, 0) is 6.42 Å². The molecule has 2 rings (SSSR count). The van der Waals surface area contributed by atoms with Crippen LogP contribution >= 0.6 is 11.6 Å². The van der Waals surface area contributed by atoms with E-state index in [1.54, 1.807) is 12.3 Å². The summed E-state index contributed by atoms with van der Waals surface area (Å²) in [5.74, 6) is -0.713. The maximum Gasteiger partial charge on any atom is 0.141 e. The summed E-state index contributed by atoms with van der Waals surface area (Å²) in [7, 11) is 0. The molecule has 21 heavy (non-hydrogen) atoms. The zero-order valence-electron chi connectivity index (χ0n) is 11.7. The smallest absolute Gasteiger partial charge is 0.141 e. The maximum atomic E-state index is 13.9. The third-order valence-corrected chi connectivity index (χ3v) is 3.44. The minimum absolute atomic E-state index is 0.207. The third-order valence-electron chi connectivity index (χ3n) is 3.20. The van der Waals surface area contributed by atoms with E-state index in [1.165, 1.54) is 18.2 Å². The average Bonchev–Trinajstić information content (AvgIpc) is 2.47. The van der Waals surface area contributed by atoms with E-state index >= 15 is 0 Å². The SMILES string of the molecule is CCCNC(Cc1cc(Cl)ccc1F)c1cncc(F)c1. The lowest BCUT2D eigenvalue weighted by Gasteiger charge is -2.19. The normalized spacial score (nSPS) is 12.4. The average molecular weight is 311 g/mol. The number of benzene rings is 1. The summed E-state index contributed by atoms with van der Waals surface area (Å²) in [6.07, 6.45) is 4.06. The molecule has 1 unspecified atom stereocenters. The molecular formula is C16H17ClF2N2. The molecule has 0 amide bonds. The van der Waals surface area contributed by atoms with Gasteiger partial charge < -0.3 is 5.32 Å². The fourth-order valence-electron chi connectivity index (χ4n) is 2.16. The van der Waals surface area contributed by atoms with Crippen molar-refractivity contribution in [1.29, 1.82) is 0 Å². The van der Waals surface area contributed by atoms with Crippen LogP contribution in [0.4, 0.5) is 8.78 Å². The zero-order valence-corrected chi connectivity index (χ0v) is 12.5. The molecule has 1 N–H and O–H groups in total. The second kappa shape index (κ2) is 7.48. The molecule has 2 nitrogen and oxygen atoms in total. The Balaban J connectivity index is 2.25. The monoisotopic (exact) mass is 310 g/mol. The van der Waals surface area contributed by atoms with Crippen molar-refractivity contribution in [3.8, 4) is 0 Å². The summed E-state index contributed by atoms with van der Waals surface area (Å²) >= 11 is 5.92. The van der Waals surface area contributed by atoms with Crippen molar-refractivity contribution < 1.29 is 8.78 Å². The van der Waals surface area contributed by atoms with Crippen LogP contribution in [0.25, 0.3) is 0 Å². The molecule has 0 aliphatic rings. The molecule has 1 aromatic carbocycles. The molecule has 0 saturated carbocycles. The van der Waals surface area contributed by atoms with E-state index < -0.39 is 5.82 Å². The molecule has 0 saturated heterocycles. The topological polar surface area (TPSA) is 24.9 Å². The standard InChI is InChI=1S/C16H17ClF2N2/c1-2-5-21-16(12-7-14(18)10-20-9-12)8-11-6-13(17)3-4-15(11)19/h3-4,6-7,9-10,16,21H,2,5,8H2,1H3. The predicted octanol–water partition coefficient (Wildman–Crippen LogP) is 4.30. The van der Waals surface area contributed by atoms with Gasteiger partial charge in [-0.05, 0) is 54.8 Å². The van der Waals surface area contributed by atoms with Gasteiger partial charge in [-0.3, -0.25) is 4.98 Å². The van der Waals surface area contributed by atoms with E-state index in [9.17, 15) is 8.78 Å². The summed E-state index contributed by atoms with van der Waals surface area (Å²) in [6, 6.07) is 5.67. The first kappa shape index (κ1) is 15.9. The minimum Gasteiger partial charge on any atom is -0.310 e. The molecule has 1 aromatic heterocycles. The van der Waals surface area contributed by atoms with Crippen LogP contribution in [0, 0.1) is 11.6 Å². The van der Waals surface area contributed by atoms with Gasteiger partial charge in [0.15, 0.2) is 0 Å². The Morgan fingerprint density at radius 1 is 1.24 bits per heavy atom. The quantitative estimate of drug-likeness (QED) is 0.860. The molecule has 1 heterocycles. The van der Waals surface area contributed by atoms with Crippen molar-refractivity contribution >= 4 is 11.6 Å². The fourth-order valence-corrected chi connectivity index (χ4v) is 2.36. The van der Waals surface area contributed by atoms with Crippen LogP contribution in [0.5, 0.6) is 0 Å². The molecule has 0 bridgehead atoms. The second-order valence-electron chi connectivity index (χ2n) is 4.88. The highest BCUT2D eigenvalue weighted by atomic mass is 35.5. The van der Waals surface area contributed by atoms with Crippen molar-refractivity contribution in [2.75, 3.05) is 6.54 Å². The highest BCUT2D eigenvalue weighted by Crippen LogP contribution is 2.23. The number of nitrogens with one attached hydrogen (secondary N) is 1. The lowest BCUT2D eigenvalue weighted by molar-refractivity contribution is 0.507. The molecule has 5 heteroatoms. The lowest BCUT2D eigenvalue weighted by Crippen LogP contribution is -2.24. The van der Waals surface area contributed by atoms with Crippen molar-refractivity contribution in [3.63, 3.8) is 0 Å². The van der Waals surface area contributed by atoms with Crippen molar-refractivity contribution in [3.05, 3.63) is 64.4 Å². The van der Waals surface area contributed by atoms with Crippen LogP contribution in [0.2, 0.25) is 5.02 Å². The van der Waals surface area contributed by atoms with E-state index in [0.717, 1.165) is 19.2 Å². The molecule has 0 aliphatic carbocycles. The van der Waals surface area contributed by atoms with Gasteiger partial charge in [0, 0.05) is 17.3 Å². The number of aromatic nitrogens is 1. The van der Waals surface area contributed by atoms with Gasteiger partial charge in [0.05, 0.1) is 6.20 Å². The van der Waals surface area contributed by atoms with E-state index in [0.29, 0.717) is 22.6 Å². The molecule has 2 aromatic rings. The zero-order chi connectivity index (χ0) is 15.2. The van der Waals surface area contributed by atoms with Crippen LogP contribution < -0.4 is 5.32 Å². The number of rotatable bonds is 6. The van der Waals surface area contributed by atoms with Gasteiger partial charge in [-0.2, -0.15) is 0 Å². The van der Waals surface area contributed by atoms with Crippen LogP contribution in [0.15, 0.2) is 36.7 Å². The third kappa shape index (κ3) is 4.48. The van der Waals surface area contributed by atoms with Gasteiger partial charge in [-0.1, -0.05) is 18.5 Å². The Morgan fingerprint density at radius 2 is 2.05 bits per heavy atom. The number of nitrogens with zero attached hydrogens (tertiary/aromatic N) is 1. The van der Waals surface area contributed by atoms with Crippen molar-refractivity contribution in [2.45, 2.75) is 25.8 Å². The highest BCUT2D eigenvalue weighted by molar-refractivity contribution is 6.30. The van der Waals surface area contributed by atoms with E-state index in [-0.39, 0.29) is 11.9 Å². The fraction of sp³-hybridized carbons (Fsp3) is 0.312. The minimum atomic E-state index is -0.401. The highest BCUT2D eigenvalue weighted by Gasteiger charge is 2.15. The van der Waals surface area contributed by atoms with Gasteiger partial charge in [0.1, 0.15) is 11.6 Å². The summed E-state index contributed by atoms with van der Waals surface area (Å²) in [5, 5.41) is 3.78. The van der Waals surface area contributed by atoms with Gasteiger partial charge in [0.2, 0.25) is 0 Å². The Morgan fingerprint density at radius 3 is 2.76 bits per heavy atom. The van der Waals surface area contributed by atoms with Crippen LogP contribution in [-0.4, -0.2) is 11.5 Å². The summed E-state index contributed by atoms with van der Waals surface area (Å²) < 4.78 is 27.2. The first-order valence-corrected chi connectivity index (χ1v) is 7.25. The van der Waals surface area contributed by atoms with Crippen molar-refractivity contribution in [2.24, 2.45) is 0 Å². The number of halogens is 3. The summed E-state index contributed by atoms with van der Waals surface area (Å²) in [5.41, 5.74) is 1.20. The van der Waals surface area contributed by atoms with Gasteiger partial charge in [-0.15, -0.1) is 0 Å². The summed E-state index contributed by atoms with van der Waals surface area (Å²) in [4.78, 5) is 3.86. The van der Waals surface area contributed by atoms with E-state index in [4.69, 9.17) is 11.6 Å². The Bertz CT molecular complexity index is 605. The second-order valence-corrected chi connectivity index (χ2v) is 5.32. The molecule has 0 radical (unpaired) electrons. The molecular weight excluding hydrogens is 294 g/mol. The van der Waals surface area contributed by atoms with Gasteiger partial charge in [0.25, 0.3) is 0 Å². The Kier molecular flexibility index (Phi) is 5.65. The van der Waals surface area contributed by atoms with E-state index in [1.807, 2.05) is 6.92 Å². The maximum absolute atomic E-state index is 13.9. The van der Waals surface area contributed by atoms with E-state index in [2.05, 4.69) is 10.3 Å². The Labute approximate surface area is 128 Å².